The number of alkyl halides is 3. The van der Waals surface area contributed by atoms with E-state index < -0.39 is 17.6 Å². The fraction of sp³-hybridized carbons (Fsp3) is 0.449. The van der Waals surface area contributed by atoms with Gasteiger partial charge in [0.2, 0.25) is 12.0 Å². The molecule has 7 rings (SSSR count). The van der Waals surface area contributed by atoms with Gasteiger partial charge in [-0.3, -0.25) is 9.78 Å². The van der Waals surface area contributed by atoms with E-state index in [2.05, 4.69) is 48.1 Å². The predicted molar refractivity (Wildman–Crippen MR) is 252 cm³/mol. The predicted octanol–water partition coefficient (Wildman–Crippen LogP) is 7.08. The minimum atomic E-state index is -4.64. The van der Waals surface area contributed by atoms with Crippen LogP contribution in [0.15, 0.2) is 91.8 Å². The lowest BCUT2D eigenvalue weighted by Crippen LogP contribution is -2.39. The van der Waals surface area contributed by atoms with E-state index in [0.717, 1.165) is 35.4 Å². The molecule has 374 valence electrons. The third-order valence-electron chi connectivity index (χ3n) is 11.3. The summed E-state index contributed by atoms with van der Waals surface area (Å²) in [6, 6.07) is 11.8. The molecule has 0 radical (unpaired) electrons. The summed E-state index contributed by atoms with van der Waals surface area (Å²) in [6.07, 6.45) is 9.58. The number of nitrogens with one attached hydrogen (secondary N) is 3. The first-order chi connectivity index (χ1) is 34.0. The molecule has 0 saturated heterocycles. The van der Waals surface area contributed by atoms with E-state index in [-0.39, 0.29) is 35.5 Å². The molecule has 0 aliphatic heterocycles. The van der Waals surface area contributed by atoms with Crippen molar-refractivity contribution in [3.05, 3.63) is 119 Å². The van der Waals surface area contributed by atoms with E-state index in [1.54, 1.807) is 62.0 Å². The number of carbonyl (C=O) groups excluding carboxylic acids is 1. The molecule has 0 spiro atoms. The van der Waals surface area contributed by atoms with Gasteiger partial charge >= 0.3 is 6.18 Å². The molecule has 3 atom stereocenters. The second-order valence-corrected chi connectivity index (χ2v) is 16.6. The van der Waals surface area contributed by atoms with Crippen LogP contribution in [0, 0.1) is 30.6 Å². The highest BCUT2D eigenvalue weighted by Gasteiger charge is 2.45. The number of rotatable bonds is 30. The van der Waals surface area contributed by atoms with Crippen LogP contribution >= 0.6 is 0 Å². The average molecular weight is 975 g/mol. The molecule has 3 N–H and O–H groups in total. The highest BCUT2D eigenvalue weighted by atomic mass is 19.4. The van der Waals surface area contributed by atoms with Crippen molar-refractivity contribution in [1.82, 2.24) is 29.9 Å². The van der Waals surface area contributed by atoms with Crippen LogP contribution in [0.1, 0.15) is 40.0 Å². The number of fused-ring (bicyclic) bond motifs is 2. The van der Waals surface area contributed by atoms with Crippen LogP contribution in [-0.4, -0.2) is 134 Å². The SMILES string of the molecule is Cc1cn(-c2cc(NC(=O)c3ccc(C)c(Nc4nccc(-c5cncc(OCCOCCOCCOCCOCCOCCOCCN[N+](=O)C6CC7C=CC6C7)c5)n4)c3)cc(C(F)(F)F)c2)cn1. The quantitative estimate of drug-likeness (QED) is 0.0183. The number of benzene rings is 2. The Kier molecular flexibility index (Phi) is 19.1. The molecule has 21 heteroatoms. The number of pyridine rings is 1. The minimum absolute atomic E-state index is 0.0292. The first kappa shape index (κ1) is 51.5. The Hall–Kier alpha value is -6.36. The number of ether oxygens (including phenoxy) is 7. The van der Waals surface area contributed by atoms with Crippen LogP contribution in [0.5, 0.6) is 5.75 Å². The van der Waals surface area contributed by atoms with Crippen molar-refractivity contribution in [2.24, 2.45) is 11.8 Å². The second kappa shape index (κ2) is 26.0. The van der Waals surface area contributed by atoms with Gasteiger partial charge in [-0.2, -0.15) is 18.6 Å². The van der Waals surface area contributed by atoms with E-state index in [9.17, 15) is 22.9 Å². The number of hydrogen-bond donors (Lipinski definition) is 3. The number of aryl methyl sites for hydroxylation is 2. The van der Waals surface area contributed by atoms with Gasteiger partial charge in [-0.15, -0.1) is 0 Å². The molecule has 5 aromatic rings. The number of hydrazine groups is 1. The zero-order chi connectivity index (χ0) is 49.1. The Morgan fingerprint density at radius 2 is 1.47 bits per heavy atom. The molecule has 3 aromatic heterocycles. The average Bonchev–Trinajstić information content (AvgIpc) is 4.12. The maximum absolute atomic E-state index is 13.8. The Balaban J connectivity index is 0.722. The van der Waals surface area contributed by atoms with Crippen LogP contribution < -0.4 is 20.8 Å². The first-order valence-electron chi connectivity index (χ1n) is 23.2. The maximum atomic E-state index is 13.8. The third-order valence-corrected chi connectivity index (χ3v) is 11.3. The number of hydrogen-bond acceptors (Lipinski definition) is 14. The summed E-state index contributed by atoms with van der Waals surface area (Å²) in [6.45, 7) is 9.44. The summed E-state index contributed by atoms with van der Waals surface area (Å²) in [5.74, 6) is 1.08. The number of allylic oxidation sites excluding steroid dienone is 1. The summed E-state index contributed by atoms with van der Waals surface area (Å²) in [5, 5.41) is 5.76. The Morgan fingerprint density at radius 1 is 0.786 bits per heavy atom. The van der Waals surface area contributed by atoms with E-state index in [1.807, 2.05) is 6.92 Å². The Morgan fingerprint density at radius 3 is 2.10 bits per heavy atom. The Labute approximate surface area is 403 Å². The van der Waals surface area contributed by atoms with Crippen LogP contribution in [0.4, 0.5) is 30.5 Å². The van der Waals surface area contributed by atoms with Crippen molar-refractivity contribution >= 4 is 23.2 Å². The van der Waals surface area contributed by atoms with Gasteiger partial charge in [-0.25, -0.2) is 15.0 Å². The topological polar surface area (TPSA) is 194 Å². The fourth-order valence-electron chi connectivity index (χ4n) is 7.78. The number of anilines is 3. The van der Waals surface area contributed by atoms with E-state index in [4.69, 9.17) is 33.2 Å². The highest BCUT2D eigenvalue weighted by Crippen LogP contribution is 2.40. The van der Waals surface area contributed by atoms with Gasteiger partial charge in [0.15, 0.2) is 0 Å². The second-order valence-electron chi connectivity index (χ2n) is 16.6. The highest BCUT2D eigenvalue weighted by molar-refractivity contribution is 6.05. The van der Waals surface area contributed by atoms with Crippen LogP contribution in [-0.2, 0) is 34.6 Å². The summed E-state index contributed by atoms with van der Waals surface area (Å²) in [4.78, 5) is 44.0. The zero-order valence-corrected chi connectivity index (χ0v) is 39.2. The number of halogens is 3. The van der Waals surface area contributed by atoms with Gasteiger partial charge in [-0.05, 0) is 74.2 Å². The number of imidazole rings is 1. The van der Waals surface area contributed by atoms with Crippen molar-refractivity contribution < 1.29 is 56.0 Å². The number of nitroso groups, excluding NO2 is 1. The summed E-state index contributed by atoms with van der Waals surface area (Å²) < 4.78 is 82.1. The molecular weight excluding hydrogens is 916 g/mol. The van der Waals surface area contributed by atoms with Gasteiger partial charge in [-0.1, -0.05) is 18.2 Å². The lowest BCUT2D eigenvalue weighted by atomic mass is 10.0. The van der Waals surface area contributed by atoms with E-state index >= 15 is 0 Å². The number of amides is 1. The molecule has 1 saturated carbocycles. The fourth-order valence-corrected chi connectivity index (χ4v) is 7.78. The number of aromatic nitrogens is 5. The van der Waals surface area contributed by atoms with Crippen molar-refractivity contribution in [1.29, 1.82) is 0 Å². The van der Waals surface area contributed by atoms with Crippen molar-refractivity contribution in [3.63, 3.8) is 0 Å². The molecule has 1 amide bonds. The molecule has 3 unspecified atom stereocenters. The molecule has 3 heterocycles. The summed E-state index contributed by atoms with van der Waals surface area (Å²) in [7, 11) is 0. The summed E-state index contributed by atoms with van der Waals surface area (Å²) in [5.41, 5.74) is 5.51. The Bertz CT molecular complexity index is 2510. The van der Waals surface area contributed by atoms with Gasteiger partial charge in [0, 0.05) is 59.1 Å². The molecule has 18 nitrogen and oxygen atoms in total. The lowest BCUT2D eigenvalue weighted by molar-refractivity contribution is -0.644. The molecule has 2 aliphatic rings. The minimum Gasteiger partial charge on any atom is -0.490 e. The molecular formula is C49H59F3N9O9+. The van der Waals surface area contributed by atoms with Gasteiger partial charge in [0.1, 0.15) is 17.2 Å². The molecule has 70 heavy (non-hydrogen) atoms. The van der Waals surface area contributed by atoms with Crippen LogP contribution in [0.3, 0.4) is 0 Å². The first-order valence-corrected chi connectivity index (χ1v) is 23.2. The van der Waals surface area contributed by atoms with Gasteiger partial charge in [0.25, 0.3) is 5.91 Å². The zero-order valence-electron chi connectivity index (χ0n) is 39.2. The van der Waals surface area contributed by atoms with E-state index in [0.29, 0.717) is 126 Å². The van der Waals surface area contributed by atoms with Gasteiger partial charge < -0.3 is 48.4 Å². The number of carbonyl (C=O) groups is 1. The third kappa shape index (κ3) is 15.8. The van der Waals surface area contributed by atoms with Crippen LogP contribution in [0.2, 0.25) is 0 Å². The van der Waals surface area contributed by atoms with Crippen molar-refractivity contribution in [2.75, 3.05) is 103 Å². The normalized spacial score (nSPS) is 16.2. The van der Waals surface area contributed by atoms with Crippen molar-refractivity contribution in [2.45, 2.75) is 38.9 Å². The number of nitrogens with zero attached hydrogens (tertiary/aromatic N) is 6. The molecule has 1 fully saturated rings. The standard InChI is InChI=1S/C49H58F3N9O9/c1-34-3-5-38(47(62)57-41-27-40(49(50,51)52)28-42(29-41)60-32-35(2)55-33-60)26-45(34)59-48-54-8-7-44(58-48)39-25-43(31-53-30-39)70-22-21-69-20-19-68-18-17-67-16-15-66-14-13-65-12-11-64-10-9-56-61(63)46-24-36-4-6-37(46)23-36/h3-8,25-33,36-37,46H,9-24H2,1-2H3,(H2-,54,56,57,58,59,62,63)/p+1. The lowest BCUT2D eigenvalue weighted by Gasteiger charge is -2.14. The van der Waals surface area contributed by atoms with Crippen molar-refractivity contribution in [3.8, 4) is 22.7 Å². The molecule has 2 aliphatic carbocycles. The molecule has 2 bridgehead atoms. The van der Waals surface area contributed by atoms with Gasteiger partial charge in [0.05, 0.1) is 120 Å². The maximum Gasteiger partial charge on any atom is 0.416 e. The largest absolute Gasteiger partial charge is 0.490 e. The summed E-state index contributed by atoms with van der Waals surface area (Å²) >= 11 is 0. The smallest absolute Gasteiger partial charge is 0.416 e. The monoisotopic (exact) mass is 974 g/mol. The van der Waals surface area contributed by atoms with Crippen LogP contribution in [0.25, 0.3) is 16.9 Å². The van der Waals surface area contributed by atoms with E-state index in [1.165, 1.54) is 17.0 Å². The molecule has 2 aromatic carbocycles.